The molecule has 0 N–H and O–H groups in total. The zero-order chi connectivity index (χ0) is 18.6. The fourth-order valence-corrected chi connectivity index (χ4v) is 5.28. The number of rotatable bonds is 5. The first-order valence-corrected chi connectivity index (χ1v) is 10.8. The van der Waals surface area contributed by atoms with Crippen LogP contribution >= 0.6 is 11.3 Å². The van der Waals surface area contributed by atoms with Crippen LogP contribution in [-0.2, 0) is 21.3 Å². The van der Waals surface area contributed by atoms with Crippen LogP contribution in [0.5, 0.6) is 0 Å². The molecule has 0 unspecified atom stereocenters. The summed E-state index contributed by atoms with van der Waals surface area (Å²) in [6, 6.07) is 10.2. The summed E-state index contributed by atoms with van der Waals surface area (Å²) >= 11 is 1.72. The van der Waals surface area contributed by atoms with Gasteiger partial charge in [0.25, 0.3) is 0 Å². The maximum atomic E-state index is 13.0. The molecule has 1 fully saturated rings. The van der Waals surface area contributed by atoms with Gasteiger partial charge in [-0.15, -0.1) is 11.3 Å². The Balaban J connectivity index is 1.72. The molecule has 2 aromatic rings. The SMILES string of the molecule is COC(=O)c1cccc(S(=O)(=O)N2CCCN(Cc3cccs3)CC2)c1. The predicted molar refractivity (Wildman–Crippen MR) is 101 cm³/mol. The minimum atomic E-state index is -3.63. The van der Waals surface area contributed by atoms with Crippen molar-refractivity contribution in [2.75, 3.05) is 33.3 Å². The quantitative estimate of drug-likeness (QED) is 0.729. The largest absolute Gasteiger partial charge is 0.465 e. The van der Waals surface area contributed by atoms with Crippen LogP contribution in [0, 0.1) is 0 Å². The Kier molecular flexibility index (Phi) is 6.08. The second-order valence-electron chi connectivity index (χ2n) is 6.13. The number of methoxy groups -OCH3 is 1. The van der Waals surface area contributed by atoms with Crippen LogP contribution in [0.4, 0.5) is 0 Å². The van der Waals surface area contributed by atoms with Gasteiger partial charge in [-0.2, -0.15) is 4.31 Å². The van der Waals surface area contributed by atoms with E-state index in [1.165, 1.54) is 28.4 Å². The third kappa shape index (κ3) is 4.32. The maximum absolute atomic E-state index is 13.0. The summed E-state index contributed by atoms with van der Waals surface area (Å²) < 4.78 is 32.2. The molecule has 0 spiro atoms. The number of hydrogen-bond acceptors (Lipinski definition) is 6. The molecule has 2 heterocycles. The minimum absolute atomic E-state index is 0.132. The highest BCUT2D eigenvalue weighted by Gasteiger charge is 2.27. The summed E-state index contributed by atoms with van der Waals surface area (Å²) in [4.78, 5) is 15.4. The van der Waals surface area contributed by atoms with E-state index < -0.39 is 16.0 Å². The van der Waals surface area contributed by atoms with Gasteiger partial charge in [-0.3, -0.25) is 4.90 Å². The van der Waals surface area contributed by atoms with Gasteiger partial charge in [-0.1, -0.05) is 12.1 Å². The molecule has 26 heavy (non-hydrogen) atoms. The van der Waals surface area contributed by atoms with E-state index in [1.54, 1.807) is 23.5 Å². The topological polar surface area (TPSA) is 66.9 Å². The fraction of sp³-hybridized carbons (Fsp3) is 0.389. The molecule has 0 saturated carbocycles. The van der Waals surface area contributed by atoms with Crippen molar-refractivity contribution < 1.29 is 17.9 Å². The standard InChI is InChI=1S/C18H22N2O4S2/c1-24-18(21)15-5-2-7-17(13-15)26(22,23)20-9-4-8-19(10-11-20)14-16-6-3-12-25-16/h2-3,5-7,12-13H,4,8-11,14H2,1H3. The summed E-state index contributed by atoms with van der Waals surface area (Å²) in [7, 11) is -2.36. The molecule has 1 aliphatic rings. The lowest BCUT2D eigenvalue weighted by molar-refractivity contribution is 0.0600. The number of esters is 1. The Hall–Kier alpha value is -1.74. The third-order valence-electron chi connectivity index (χ3n) is 4.40. The molecule has 3 rings (SSSR count). The van der Waals surface area contributed by atoms with Crippen molar-refractivity contribution in [1.82, 2.24) is 9.21 Å². The number of thiophene rings is 1. The molecule has 1 saturated heterocycles. The molecule has 140 valence electrons. The molecule has 1 aliphatic heterocycles. The number of benzene rings is 1. The van der Waals surface area contributed by atoms with Crippen LogP contribution < -0.4 is 0 Å². The Morgan fingerprint density at radius 1 is 1.15 bits per heavy atom. The predicted octanol–water partition coefficient (Wildman–Crippen LogP) is 2.43. The molecule has 0 aliphatic carbocycles. The third-order valence-corrected chi connectivity index (χ3v) is 7.16. The van der Waals surface area contributed by atoms with E-state index in [1.807, 2.05) is 6.07 Å². The molecule has 8 heteroatoms. The summed E-state index contributed by atoms with van der Waals surface area (Å²) in [5.74, 6) is -0.542. The maximum Gasteiger partial charge on any atom is 0.337 e. The van der Waals surface area contributed by atoms with Gasteiger partial charge in [0.05, 0.1) is 17.6 Å². The van der Waals surface area contributed by atoms with Crippen molar-refractivity contribution in [3.8, 4) is 0 Å². The van der Waals surface area contributed by atoms with Crippen LogP contribution in [0.2, 0.25) is 0 Å². The van der Waals surface area contributed by atoms with Crippen LogP contribution in [0.1, 0.15) is 21.7 Å². The van der Waals surface area contributed by atoms with Gasteiger partial charge in [-0.25, -0.2) is 13.2 Å². The van der Waals surface area contributed by atoms with E-state index >= 15 is 0 Å². The number of ether oxygens (including phenoxy) is 1. The second kappa shape index (κ2) is 8.30. The van der Waals surface area contributed by atoms with Crippen molar-refractivity contribution in [3.05, 3.63) is 52.2 Å². The lowest BCUT2D eigenvalue weighted by atomic mass is 10.2. The van der Waals surface area contributed by atoms with Gasteiger partial charge in [0.2, 0.25) is 10.0 Å². The van der Waals surface area contributed by atoms with E-state index in [4.69, 9.17) is 0 Å². The average molecular weight is 395 g/mol. The molecule has 0 atom stereocenters. The van der Waals surface area contributed by atoms with Gasteiger partial charge in [0.15, 0.2) is 0 Å². The van der Waals surface area contributed by atoms with Crippen LogP contribution in [0.25, 0.3) is 0 Å². The summed E-state index contributed by atoms with van der Waals surface area (Å²) in [5.41, 5.74) is 0.239. The van der Waals surface area contributed by atoms with Crippen molar-refractivity contribution in [2.45, 2.75) is 17.9 Å². The van der Waals surface area contributed by atoms with E-state index in [-0.39, 0.29) is 10.5 Å². The fourth-order valence-electron chi connectivity index (χ4n) is 3.02. The molecule has 1 aromatic heterocycles. The highest BCUT2D eigenvalue weighted by molar-refractivity contribution is 7.89. The number of sulfonamides is 1. The van der Waals surface area contributed by atoms with Crippen molar-refractivity contribution >= 4 is 27.3 Å². The lowest BCUT2D eigenvalue weighted by Crippen LogP contribution is -2.35. The summed E-state index contributed by atoms with van der Waals surface area (Å²) in [5, 5.41) is 2.05. The Bertz CT molecular complexity index is 850. The Morgan fingerprint density at radius 2 is 2.00 bits per heavy atom. The zero-order valence-corrected chi connectivity index (χ0v) is 16.3. The van der Waals surface area contributed by atoms with Crippen LogP contribution in [0.15, 0.2) is 46.7 Å². The van der Waals surface area contributed by atoms with Gasteiger partial charge in [0, 0.05) is 31.1 Å². The van der Waals surface area contributed by atoms with Crippen LogP contribution in [0.3, 0.4) is 0 Å². The Morgan fingerprint density at radius 3 is 2.73 bits per heavy atom. The van der Waals surface area contributed by atoms with E-state index in [9.17, 15) is 13.2 Å². The highest BCUT2D eigenvalue weighted by Crippen LogP contribution is 2.20. The highest BCUT2D eigenvalue weighted by atomic mass is 32.2. The smallest absolute Gasteiger partial charge is 0.337 e. The molecule has 0 bridgehead atoms. The van der Waals surface area contributed by atoms with Gasteiger partial charge < -0.3 is 4.74 Å². The van der Waals surface area contributed by atoms with Crippen molar-refractivity contribution in [3.63, 3.8) is 0 Å². The molecule has 0 radical (unpaired) electrons. The first kappa shape index (κ1) is 19.0. The molecular formula is C18H22N2O4S2. The normalized spacial score (nSPS) is 17.0. The van der Waals surface area contributed by atoms with Crippen molar-refractivity contribution in [1.29, 1.82) is 0 Å². The van der Waals surface area contributed by atoms with E-state index in [2.05, 4.69) is 21.1 Å². The monoisotopic (exact) mass is 394 g/mol. The second-order valence-corrected chi connectivity index (χ2v) is 9.10. The Labute approximate surface area is 158 Å². The first-order chi connectivity index (χ1) is 12.5. The molecule has 1 aromatic carbocycles. The van der Waals surface area contributed by atoms with Crippen LogP contribution in [-0.4, -0.2) is 56.9 Å². The number of carbonyl (C=O) groups is 1. The average Bonchev–Trinajstić information content (AvgIpc) is 3.04. The first-order valence-electron chi connectivity index (χ1n) is 8.44. The van der Waals surface area contributed by atoms with Gasteiger partial charge in [-0.05, 0) is 42.6 Å². The van der Waals surface area contributed by atoms with Gasteiger partial charge in [0.1, 0.15) is 0 Å². The number of hydrogen-bond donors (Lipinski definition) is 0. The lowest BCUT2D eigenvalue weighted by Gasteiger charge is -2.21. The zero-order valence-electron chi connectivity index (χ0n) is 14.6. The van der Waals surface area contributed by atoms with Crippen molar-refractivity contribution in [2.24, 2.45) is 0 Å². The number of nitrogens with zero attached hydrogens (tertiary/aromatic N) is 2. The van der Waals surface area contributed by atoms with Gasteiger partial charge >= 0.3 is 5.97 Å². The summed E-state index contributed by atoms with van der Waals surface area (Å²) in [6.07, 6.45) is 0.779. The molecule has 0 amide bonds. The molecular weight excluding hydrogens is 372 g/mol. The van der Waals surface area contributed by atoms with E-state index in [0.29, 0.717) is 19.6 Å². The van der Waals surface area contributed by atoms with E-state index in [0.717, 1.165) is 19.5 Å². The minimum Gasteiger partial charge on any atom is -0.465 e. The summed E-state index contributed by atoms with van der Waals surface area (Å²) in [6.45, 7) is 3.32. The number of carbonyl (C=O) groups excluding carboxylic acids is 1. The molecule has 6 nitrogen and oxygen atoms in total.